The van der Waals surface area contributed by atoms with Gasteiger partial charge in [-0.3, -0.25) is 0 Å². The van der Waals surface area contributed by atoms with Gasteiger partial charge in [-0.25, -0.2) is 4.39 Å². The average Bonchev–Trinajstić information content (AvgIpc) is 2.16. The predicted molar refractivity (Wildman–Crippen MR) is 43.6 cm³/mol. The molecular formula is C10H4F4. The first-order valence-electron chi connectivity index (χ1n) is 3.58. The van der Waals surface area contributed by atoms with Crippen LogP contribution in [0.5, 0.6) is 0 Å². The highest BCUT2D eigenvalue weighted by atomic mass is 19.3. The summed E-state index contributed by atoms with van der Waals surface area (Å²) in [7, 11) is 0. The Kier molecular flexibility index (Phi) is 3.29. The zero-order valence-corrected chi connectivity index (χ0v) is 6.82. The van der Waals surface area contributed by atoms with Crippen molar-refractivity contribution in [1.29, 1.82) is 0 Å². The Labute approximate surface area is 77.9 Å². The second kappa shape index (κ2) is 4.47. The van der Waals surface area contributed by atoms with Gasteiger partial charge in [0.05, 0.1) is 0 Å². The number of hydrogen-bond donors (Lipinski definition) is 0. The second-order valence-corrected chi connectivity index (χ2v) is 2.33. The highest BCUT2D eigenvalue weighted by Gasteiger charge is 1.98. The topological polar surface area (TPSA) is 0 Å². The molecule has 0 aliphatic heterocycles. The van der Waals surface area contributed by atoms with Crippen LogP contribution >= 0.6 is 0 Å². The summed E-state index contributed by atoms with van der Waals surface area (Å²) in [6, 6.07) is 4.76. The van der Waals surface area contributed by atoms with E-state index in [0.717, 1.165) is 12.1 Å². The lowest BCUT2D eigenvalue weighted by atomic mass is 10.2. The summed E-state index contributed by atoms with van der Waals surface area (Å²) in [4.78, 5) is 0. The molecule has 0 saturated heterocycles. The van der Waals surface area contributed by atoms with Gasteiger partial charge in [-0.2, -0.15) is 13.2 Å². The van der Waals surface area contributed by atoms with Crippen LogP contribution in [0.1, 0.15) is 5.56 Å². The van der Waals surface area contributed by atoms with E-state index in [1.807, 2.05) is 0 Å². The SMILES string of the molecule is FC(F)=C(F)C#Cc1ccc(F)cc1. The van der Waals surface area contributed by atoms with Crippen molar-refractivity contribution in [3.05, 3.63) is 47.6 Å². The lowest BCUT2D eigenvalue weighted by Crippen LogP contribution is -1.76. The van der Waals surface area contributed by atoms with Gasteiger partial charge in [0.1, 0.15) is 5.82 Å². The minimum atomic E-state index is -2.46. The highest BCUT2D eigenvalue weighted by molar-refractivity contribution is 5.38. The molecule has 14 heavy (non-hydrogen) atoms. The predicted octanol–water partition coefficient (Wildman–Crippen LogP) is 3.25. The molecule has 0 unspecified atom stereocenters. The first kappa shape index (κ1) is 10.3. The molecule has 0 saturated carbocycles. The van der Waals surface area contributed by atoms with Crippen molar-refractivity contribution in [3.8, 4) is 11.8 Å². The number of rotatable bonds is 0. The van der Waals surface area contributed by atoms with Gasteiger partial charge in [-0.15, -0.1) is 0 Å². The van der Waals surface area contributed by atoms with Crippen LogP contribution in [0.25, 0.3) is 0 Å². The Morgan fingerprint density at radius 1 is 1.00 bits per heavy atom. The summed E-state index contributed by atoms with van der Waals surface area (Å²) in [6.45, 7) is 0. The van der Waals surface area contributed by atoms with Gasteiger partial charge >= 0.3 is 6.08 Å². The van der Waals surface area contributed by atoms with Gasteiger partial charge in [-0.05, 0) is 30.2 Å². The molecule has 0 N–H and O–H groups in total. The minimum absolute atomic E-state index is 0.266. The smallest absolute Gasteiger partial charge is 0.207 e. The lowest BCUT2D eigenvalue weighted by Gasteiger charge is -1.88. The number of hydrogen-bond acceptors (Lipinski definition) is 0. The van der Waals surface area contributed by atoms with Gasteiger partial charge < -0.3 is 0 Å². The normalized spacial score (nSPS) is 8.86. The summed E-state index contributed by atoms with van der Waals surface area (Å²) in [6.07, 6.45) is -2.46. The third-order valence-corrected chi connectivity index (χ3v) is 1.33. The van der Waals surface area contributed by atoms with Crippen molar-refractivity contribution < 1.29 is 17.6 Å². The maximum absolute atomic E-state index is 12.4. The van der Waals surface area contributed by atoms with Crippen molar-refractivity contribution in [2.75, 3.05) is 0 Å². The summed E-state index contributed by atoms with van der Waals surface area (Å²) < 4.78 is 47.6. The summed E-state index contributed by atoms with van der Waals surface area (Å²) in [5.41, 5.74) is 0.266. The van der Waals surface area contributed by atoms with Crippen molar-refractivity contribution in [2.45, 2.75) is 0 Å². The van der Waals surface area contributed by atoms with Crippen molar-refractivity contribution in [3.63, 3.8) is 0 Å². The zero-order valence-electron chi connectivity index (χ0n) is 6.82. The average molecular weight is 200 g/mol. The highest BCUT2D eigenvalue weighted by Crippen LogP contribution is 2.08. The quantitative estimate of drug-likeness (QED) is 0.445. The molecule has 0 spiro atoms. The third kappa shape index (κ3) is 2.94. The van der Waals surface area contributed by atoms with Gasteiger partial charge in [0, 0.05) is 5.56 Å². The Morgan fingerprint density at radius 2 is 1.57 bits per heavy atom. The van der Waals surface area contributed by atoms with Crippen LogP contribution in [0.4, 0.5) is 17.6 Å². The van der Waals surface area contributed by atoms with Gasteiger partial charge in [-0.1, -0.05) is 5.92 Å². The van der Waals surface area contributed by atoms with Crippen LogP contribution in [0.15, 0.2) is 36.2 Å². The van der Waals surface area contributed by atoms with Gasteiger partial charge in [0.25, 0.3) is 0 Å². The number of benzene rings is 1. The summed E-state index contributed by atoms with van der Waals surface area (Å²) >= 11 is 0. The van der Waals surface area contributed by atoms with E-state index in [2.05, 4.69) is 5.92 Å². The zero-order chi connectivity index (χ0) is 10.6. The van der Waals surface area contributed by atoms with E-state index in [4.69, 9.17) is 0 Å². The lowest BCUT2D eigenvalue weighted by molar-refractivity contribution is 0.389. The third-order valence-electron chi connectivity index (χ3n) is 1.33. The molecule has 0 aliphatic carbocycles. The largest absolute Gasteiger partial charge is 0.314 e. The molecule has 1 rings (SSSR count). The molecule has 0 amide bonds. The Morgan fingerprint density at radius 3 is 2.07 bits per heavy atom. The minimum Gasteiger partial charge on any atom is -0.207 e. The van der Waals surface area contributed by atoms with Crippen LogP contribution in [0.3, 0.4) is 0 Å². The fourth-order valence-corrected chi connectivity index (χ4v) is 0.708. The first-order chi connectivity index (χ1) is 6.59. The molecule has 0 atom stereocenters. The van der Waals surface area contributed by atoms with Crippen LogP contribution in [0, 0.1) is 17.7 Å². The molecule has 0 bridgehead atoms. The summed E-state index contributed by atoms with van der Waals surface area (Å²) in [5.74, 6) is 1.49. The Hall–Kier alpha value is -1.76. The molecule has 0 heterocycles. The van der Waals surface area contributed by atoms with E-state index in [0.29, 0.717) is 0 Å². The number of allylic oxidation sites excluding steroid dienone is 1. The molecule has 1 aromatic rings. The summed E-state index contributed by atoms with van der Waals surface area (Å²) in [5, 5.41) is 0. The maximum atomic E-state index is 12.4. The molecule has 0 nitrogen and oxygen atoms in total. The van der Waals surface area contributed by atoms with Crippen LogP contribution in [0.2, 0.25) is 0 Å². The van der Waals surface area contributed by atoms with E-state index >= 15 is 0 Å². The van der Waals surface area contributed by atoms with Crippen molar-refractivity contribution >= 4 is 0 Å². The number of halogens is 4. The van der Waals surface area contributed by atoms with E-state index < -0.39 is 17.7 Å². The molecule has 1 aromatic carbocycles. The van der Waals surface area contributed by atoms with E-state index in [1.165, 1.54) is 12.1 Å². The maximum Gasteiger partial charge on any atom is 0.314 e. The fourth-order valence-electron chi connectivity index (χ4n) is 0.708. The van der Waals surface area contributed by atoms with Crippen LogP contribution in [-0.4, -0.2) is 0 Å². The Balaban J connectivity index is 2.89. The molecule has 0 fully saturated rings. The first-order valence-corrected chi connectivity index (χ1v) is 3.58. The molecule has 72 valence electrons. The fraction of sp³-hybridized carbons (Fsp3) is 0. The standard InChI is InChI=1S/C10H4F4/c11-8-4-1-7(2-5-8)3-6-9(12)10(13)14/h1-2,4-5H. The van der Waals surface area contributed by atoms with Crippen LogP contribution < -0.4 is 0 Å². The molecule has 0 aromatic heterocycles. The molecule has 0 aliphatic rings. The molecular weight excluding hydrogens is 196 g/mol. The van der Waals surface area contributed by atoms with Crippen LogP contribution in [-0.2, 0) is 0 Å². The van der Waals surface area contributed by atoms with Crippen molar-refractivity contribution in [2.24, 2.45) is 0 Å². The molecule has 4 heteroatoms. The van der Waals surface area contributed by atoms with Crippen molar-refractivity contribution in [1.82, 2.24) is 0 Å². The second-order valence-electron chi connectivity index (χ2n) is 2.33. The van der Waals surface area contributed by atoms with E-state index in [1.54, 1.807) is 5.92 Å². The monoisotopic (exact) mass is 200 g/mol. The van der Waals surface area contributed by atoms with Gasteiger partial charge in [0.2, 0.25) is 5.83 Å². The van der Waals surface area contributed by atoms with E-state index in [9.17, 15) is 17.6 Å². The molecule has 0 radical (unpaired) electrons. The van der Waals surface area contributed by atoms with E-state index in [-0.39, 0.29) is 5.56 Å². The Bertz CT molecular complexity index is 402. The van der Waals surface area contributed by atoms with Gasteiger partial charge in [0.15, 0.2) is 0 Å².